The monoisotopic (exact) mass is 344 g/mol. The minimum absolute atomic E-state index is 0.262. The quantitative estimate of drug-likeness (QED) is 0.841. The number of aromatic nitrogens is 2. The maximum absolute atomic E-state index is 12.3. The fourth-order valence-electron chi connectivity index (χ4n) is 2.51. The third-order valence-electron chi connectivity index (χ3n) is 3.70. The Bertz CT molecular complexity index is 830. The van der Waals surface area contributed by atoms with Crippen molar-refractivity contribution in [2.75, 3.05) is 11.9 Å². The molecule has 8 heteroatoms. The van der Waals surface area contributed by atoms with Crippen LogP contribution in [0.4, 0.5) is 5.13 Å². The Hall–Kier alpha value is -2.61. The molecular formula is C16H16N4O3S. The number of hydrogen-bond acceptors (Lipinski definition) is 6. The van der Waals surface area contributed by atoms with Crippen molar-refractivity contribution in [3.63, 3.8) is 0 Å². The summed E-state index contributed by atoms with van der Waals surface area (Å²) in [5, 5.41) is 11.9. The lowest BCUT2D eigenvalue weighted by Crippen LogP contribution is -2.29. The van der Waals surface area contributed by atoms with Crippen LogP contribution >= 0.6 is 11.3 Å². The average Bonchev–Trinajstić information content (AvgIpc) is 3.11. The van der Waals surface area contributed by atoms with E-state index < -0.39 is 0 Å². The minimum atomic E-state index is -0.382. The molecular weight excluding hydrogens is 328 g/mol. The molecule has 0 atom stereocenters. The van der Waals surface area contributed by atoms with E-state index in [4.69, 9.17) is 0 Å². The molecule has 0 saturated carbocycles. The lowest BCUT2D eigenvalue weighted by molar-refractivity contribution is 0.0662. The highest BCUT2D eigenvalue weighted by atomic mass is 32.1. The second kappa shape index (κ2) is 6.48. The summed E-state index contributed by atoms with van der Waals surface area (Å²) in [5.41, 5.74) is 0.901. The van der Waals surface area contributed by atoms with Crippen LogP contribution in [-0.4, -0.2) is 39.4 Å². The molecule has 0 fully saturated rings. The molecule has 7 nitrogen and oxygen atoms in total. The first-order chi connectivity index (χ1) is 11.5. The Kier molecular flexibility index (Phi) is 4.39. The van der Waals surface area contributed by atoms with Crippen LogP contribution < -0.4 is 5.32 Å². The van der Waals surface area contributed by atoms with Gasteiger partial charge in [0.05, 0.1) is 11.1 Å². The topological polar surface area (TPSA) is 92.3 Å². The van der Waals surface area contributed by atoms with Gasteiger partial charge < -0.3 is 0 Å². The molecule has 0 spiro atoms. The average molecular weight is 344 g/mol. The molecule has 0 saturated heterocycles. The summed E-state index contributed by atoms with van der Waals surface area (Å²) in [5.74, 6) is -1.07. The Labute approximate surface area is 142 Å². The molecule has 24 heavy (non-hydrogen) atoms. The Balaban J connectivity index is 1.81. The van der Waals surface area contributed by atoms with Gasteiger partial charge in [-0.3, -0.25) is 24.6 Å². The van der Waals surface area contributed by atoms with Gasteiger partial charge in [0.15, 0.2) is 0 Å². The Morgan fingerprint density at radius 2 is 1.92 bits per heavy atom. The van der Waals surface area contributed by atoms with E-state index >= 15 is 0 Å². The van der Waals surface area contributed by atoms with Gasteiger partial charge in [0.1, 0.15) is 5.01 Å². The van der Waals surface area contributed by atoms with Crippen molar-refractivity contribution < 1.29 is 14.4 Å². The van der Waals surface area contributed by atoms with Crippen LogP contribution in [0.2, 0.25) is 0 Å². The summed E-state index contributed by atoms with van der Waals surface area (Å²) in [6.07, 6.45) is 1.77. The molecule has 1 N–H and O–H groups in total. The van der Waals surface area contributed by atoms with Crippen molar-refractivity contribution in [3.8, 4) is 0 Å². The number of amides is 3. The molecule has 0 bridgehead atoms. The number of aryl methyl sites for hydroxylation is 1. The third kappa shape index (κ3) is 2.80. The number of benzene rings is 1. The lowest BCUT2D eigenvalue weighted by Gasteiger charge is -2.08. The van der Waals surface area contributed by atoms with Gasteiger partial charge in [-0.15, -0.1) is 10.2 Å². The van der Waals surface area contributed by atoms with Gasteiger partial charge in [0.25, 0.3) is 17.7 Å². The van der Waals surface area contributed by atoms with Gasteiger partial charge in [-0.2, -0.15) is 0 Å². The molecule has 1 aliphatic heterocycles. The van der Waals surface area contributed by atoms with Gasteiger partial charge in [-0.25, -0.2) is 0 Å². The van der Waals surface area contributed by atoms with Crippen molar-refractivity contribution >= 4 is 34.2 Å². The molecule has 0 unspecified atom stereocenters. The highest BCUT2D eigenvalue weighted by Crippen LogP contribution is 2.24. The number of nitrogens with zero attached hydrogens (tertiary/aromatic N) is 3. The normalized spacial score (nSPS) is 13.3. The predicted molar refractivity (Wildman–Crippen MR) is 89.3 cm³/mol. The molecule has 3 rings (SSSR count). The van der Waals surface area contributed by atoms with Crippen molar-refractivity contribution in [3.05, 3.63) is 39.9 Å². The molecule has 1 aliphatic rings. The van der Waals surface area contributed by atoms with Crippen molar-refractivity contribution in [1.29, 1.82) is 0 Å². The number of carbonyl (C=O) groups excluding carboxylic acids is 3. The van der Waals surface area contributed by atoms with Gasteiger partial charge in [0.2, 0.25) is 5.13 Å². The number of fused-ring (bicyclic) bond motifs is 1. The molecule has 2 heterocycles. The number of imide groups is 1. The summed E-state index contributed by atoms with van der Waals surface area (Å²) in [6, 6.07) is 4.50. The zero-order valence-electron chi connectivity index (χ0n) is 13.3. The first-order valence-corrected chi connectivity index (χ1v) is 8.50. The van der Waals surface area contributed by atoms with Crippen molar-refractivity contribution in [1.82, 2.24) is 15.1 Å². The van der Waals surface area contributed by atoms with E-state index in [0.717, 1.165) is 22.7 Å². The highest BCUT2D eigenvalue weighted by molar-refractivity contribution is 7.15. The molecule has 0 radical (unpaired) electrons. The van der Waals surface area contributed by atoms with Crippen molar-refractivity contribution in [2.24, 2.45) is 0 Å². The van der Waals surface area contributed by atoms with Crippen LogP contribution in [-0.2, 0) is 6.42 Å². The summed E-state index contributed by atoms with van der Waals surface area (Å²) >= 11 is 1.33. The molecule has 3 amide bonds. The van der Waals surface area contributed by atoms with Gasteiger partial charge in [-0.05, 0) is 31.5 Å². The fourth-order valence-corrected chi connectivity index (χ4v) is 3.34. The zero-order valence-corrected chi connectivity index (χ0v) is 14.1. The van der Waals surface area contributed by atoms with E-state index in [1.54, 1.807) is 6.92 Å². The molecule has 124 valence electrons. The van der Waals surface area contributed by atoms with Gasteiger partial charge >= 0.3 is 0 Å². The fraction of sp³-hybridized carbons (Fsp3) is 0.312. The zero-order chi connectivity index (χ0) is 17.3. The summed E-state index contributed by atoms with van der Waals surface area (Å²) in [4.78, 5) is 37.8. The second-order valence-corrected chi connectivity index (χ2v) is 6.38. The summed E-state index contributed by atoms with van der Waals surface area (Å²) in [7, 11) is 0. The number of rotatable bonds is 5. The second-order valence-electron chi connectivity index (χ2n) is 5.32. The molecule has 1 aromatic carbocycles. The van der Waals surface area contributed by atoms with Gasteiger partial charge in [0, 0.05) is 18.5 Å². The standard InChI is InChI=1S/C16H16N4O3S/c1-3-5-12-18-19-16(24-12)17-13(21)9-6-7-10-11(8-9)15(23)20(4-2)14(10)22/h6-8H,3-5H2,1-2H3,(H,17,19,21). The van der Waals surface area contributed by atoms with Gasteiger partial charge in [-0.1, -0.05) is 18.3 Å². The van der Waals surface area contributed by atoms with Crippen LogP contribution in [0.15, 0.2) is 18.2 Å². The van der Waals surface area contributed by atoms with E-state index in [9.17, 15) is 14.4 Å². The first kappa shape index (κ1) is 16.3. The molecule has 2 aromatic rings. The summed E-state index contributed by atoms with van der Waals surface area (Å²) < 4.78 is 0. The van der Waals surface area contributed by atoms with Crippen LogP contribution in [0.3, 0.4) is 0 Å². The van der Waals surface area contributed by atoms with Crippen molar-refractivity contribution in [2.45, 2.75) is 26.7 Å². The van der Waals surface area contributed by atoms with Crippen LogP contribution in [0.25, 0.3) is 0 Å². The predicted octanol–water partition coefficient (Wildman–Crippen LogP) is 2.36. The van der Waals surface area contributed by atoms with E-state index in [1.165, 1.54) is 29.5 Å². The molecule has 0 aliphatic carbocycles. The number of hydrogen-bond donors (Lipinski definition) is 1. The van der Waals surface area contributed by atoms with Crippen LogP contribution in [0, 0.1) is 0 Å². The largest absolute Gasteiger partial charge is 0.296 e. The summed E-state index contributed by atoms with van der Waals surface area (Å²) in [6.45, 7) is 4.08. The maximum Gasteiger partial charge on any atom is 0.261 e. The maximum atomic E-state index is 12.3. The number of carbonyl (C=O) groups is 3. The SMILES string of the molecule is CCCc1nnc(NC(=O)c2ccc3c(c2)C(=O)N(CC)C3=O)s1. The number of anilines is 1. The minimum Gasteiger partial charge on any atom is -0.296 e. The highest BCUT2D eigenvalue weighted by Gasteiger charge is 2.34. The van der Waals surface area contributed by atoms with Crippen LogP contribution in [0.5, 0.6) is 0 Å². The van der Waals surface area contributed by atoms with E-state index in [2.05, 4.69) is 15.5 Å². The Morgan fingerprint density at radius 3 is 2.62 bits per heavy atom. The van der Waals surface area contributed by atoms with E-state index in [1.807, 2.05) is 6.92 Å². The smallest absolute Gasteiger partial charge is 0.261 e. The number of nitrogens with one attached hydrogen (secondary N) is 1. The van der Waals surface area contributed by atoms with E-state index in [0.29, 0.717) is 22.8 Å². The Morgan fingerprint density at radius 1 is 1.17 bits per heavy atom. The third-order valence-corrected chi connectivity index (χ3v) is 4.60. The first-order valence-electron chi connectivity index (χ1n) is 7.69. The molecule has 1 aromatic heterocycles. The lowest BCUT2D eigenvalue weighted by atomic mass is 10.1. The van der Waals surface area contributed by atoms with Crippen LogP contribution in [0.1, 0.15) is 56.3 Å². The van der Waals surface area contributed by atoms with E-state index in [-0.39, 0.29) is 23.3 Å².